The molecular weight excluding hydrogens is 216 g/mol. The summed E-state index contributed by atoms with van der Waals surface area (Å²) in [7, 11) is 0. The second-order valence-corrected chi connectivity index (χ2v) is 5.69. The van der Waals surface area contributed by atoms with Crippen LogP contribution in [0.5, 0.6) is 0 Å². The Labute approximate surface area is 102 Å². The zero-order chi connectivity index (χ0) is 11.4. The van der Waals surface area contributed by atoms with Crippen molar-refractivity contribution in [2.24, 2.45) is 5.92 Å². The van der Waals surface area contributed by atoms with Gasteiger partial charge in [-0.3, -0.25) is 0 Å². The van der Waals surface area contributed by atoms with Gasteiger partial charge in [-0.2, -0.15) is 0 Å². The molecule has 2 rings (SSSR count). The molecular formula is C13H20N2S. The van der Waals surface area contributed by atoms with Gasteiger partial charge in [-0.25, -0.2) is 4.98 Å². The van der Waals surface area contributed by atoms with Crippen LogP contribution in [0.3, 0.4) is 0 Å². The van der Waals surface area contributed by atoms with Crippen molar-refractivity contribution < 1.29 is 0 Å². The Kier molecular flexibility index (Phi) is 4.24. The molecule has 88 valence electrons. The first kappa shape index (κ1) is 11.9. The van der Waals surface area contributed by atoms with E-state index in [2.05, 4.69) is 36.3 Å². The van der Waals surface area contributed by atoms with Crippen molar-refractivity contribution in [1.29, 1.82) is 0 Å². The number of rotatable bonds is 3. The normalized spacial score (nSPS) is 21.0. The van der Waals surface area contributed by atoms with Crippen LogP contribution in [-0.4, -0.2) is 23.8 Å². The molecule has 0 amide bonds. The van der Waals surface area contributed by atoms with E-state index < -0.39 is 0 Å². The van der Waals surface area contributed by atoms with Gasteiger partial charge in [-0.15, -0.1) is 11.8 Å². The molecule has 2 heterocycles. The number of hydrogen-bond donors (Lipinski definition) is 1. The summed E-state index contributed by atoms with van der Waals surface area (Å²) < 4.78 is 0. The van der Waals surface area contributed by atoms with Gasteiger partial charge in [0.15, 0.2) is 0 Å². The van der Waals surface area contributed by atoms with E-state index in [-0.39, 0.29) is 0 Å². The standard InChI is InChI=1S/C13H20N2S/c1-10-6-11(2)15-13(7-10)16-9-12-4-3-5-14-8-12/h6-7,12,14H,3-5,8-9H2,1-2H3. The lowest BCUT2D eigenvalue weighted by molar-refractivity contribution is 0.410. The third-order valence-corrected chi connectivity index (χ3v) is 4.08. The first-order valence-corrected chi connectivity index (χ1v) is 7.01. The highest BCUT2D eigenvalue weighted by Gasteiger charge is 2.13. The van der Waals surface area contributed by atoms with Gasteiger partial charge in [0.1, 0.15) is 0 Å². The lowest BCUT2D eigenvalue weighted by atomic mass is 10.0. The minimum Gasteiger partial charge on any atom is -0.316 e. The predicted molar refractivity (Wildman–Crippen MR) is 70.0 cm³/mol. The first-order valence-electron chi connectivity index (χ1n) is 6.03. The fraction of sp³-hybridized carbons (Fsp3) is 0.615. The molecule has 1 N–H and O–H groups in total. The van der Waals surface area contributed by atoms with Gasteiger partial charge < -0.3 is 5.32 Å². The van der Waals surface area contributed by atoms with Crippen molar-refractivity contribution in [1.82, 2.24) is 10.3 Å². The summed E-state index contributed by atoms with van der Waals surface area (Å²) >= 11 is 1.90. The Morgan fingerprint density at radius 3 is 3.00 bits per heavy atom. The van der Waals surface area contributed by atoms with Crippen LogP contribution in [0, 0.1) is 19.8 Å². The van der Waals surface area contributed by atoms with Crippen LogP contribution >= 0.6 is 11.8 Å². The van der Waals surface area contributed by atoms with Gasteiger partial charge in [0.05, 0.1) is 5.03 Å². The Morgan fingerprint density at radius 2 is 2.31 bits per heavy atom. The van der Waals surface area contributed by atoms with Gasteiger partial charge in [0, 0.05) is 11.4 Å². The number of pyridine rings is 1. The smallest absolute Gasteiger partial charge is 0.0965 e. The van der Waals surface area contributed by atoms with E-state index in [9.17, 15) is 0 Å². The summed E-state index contributed by atoms with van der Waals surface area (Å²) in [4.78, 5) is 4.56. The maximum Gasteiger partial charge on any atom is 0.0965 e. The maximum atomic E-state index is 4.56. The molecule has 1 aliphatic heterocycles. The van der Waals surface area contributed by atoms with Crippen LogP contribution in [0.4, 0.5) is 0 Å². The van der Waals surface area contributed by atoms with E-state index in [0.29, 0.717) is 0 Å². The number of nitrogens with one attached hydrogen (secondary N) is 1. The predicted octanol–water partition coefficient (Wildman–Crippen LogP) is 2.79. The van der Waals surface area contributed by atoms with Gasteiger partial charge in [0.25, 0.3) is 0 Å². The second kappa shape index (κ2) is 5.69. The molecule has 0 aromatic carbocycles. The molecule has 0 saturated carbocycles. The molecule has 1 fully saturated rings. The molecule has 0 radical (unpaired) electrons. The molecule has 1 aromatic rings. The van der Waals surface area contributed by atoms with Gasteiger partial charge in [-0.1, -0.05) is 0 Å². The Hall–Kier alpha value is -0.540. The Morgan fingerprint density at radius 1 is 1.44 bits per heavy atom. The van der Waals surface area contributed by atoms with Crippen LogP contribution in [0.25, 0.3) is 0 Å². The van der Waals surface area contributed by atoms with Crippen LogP contribution in [-0.2, 0) is 0 Å². The summed E-state index contributed by atoms with van der Waals surface area (Å²) in [6, 6.07) is 4.32. The largest absolute Gasteiger partial charge is 0.316 e. The number of thioether (sulfide) groups is 1. The molecule has 0 bridgehead atoms. The van der Waals surface area contributed by atoms with Gasteiger partial charge in [-0.05, 0) is 63.4 Å². The third-order valence-electron chi connectivity index (χ3n) is 2.94. The number of aromatic nitrogens is 1. The van der Waals surface area contributed by atoms with E-state index in [4.69, 9.17) is 0 Å². The van der Waals surface area contributed by atoms with Crippen molar-refractivity contribution in [3.05, 3.63) is 23.4 Å². The van der Waals surface area contributed by atoms with Crippen molar-refractivity contribution in [2.45, 2.75) is 31.7 Å². The number of aryl methyl sites for hydroxylation is 2. The minimum absolute atomic E-state index is 0.821. The average molecular weight is 236 g/mol. The molecule has 1 aliphatic rings. The molecule has 3 heteroatoms. The summed E-state index contributed by atoms with van der Waals surface area (Å²) in [5.41, 5.74) is 2.45. The number of piperidine rings is 1. The lowest BCUT2D eigenvalue weighted by Gasteiger charge is -2.22. The van der Waals surface area contributed by atoms with Crippen molar-refractivity contribution >= 4 is 11.8 Å². The average Bonchev–Trinajstić information content (AvgIpc) is 2.27. The van der Waals surface area contributed by atoms with E-state index in [0.717, 1.165) is 11.6 Å². The molecule has 1 unspecified atom stereocenters. The zero-order valence-corrected chi connectivity index (χ0v) is 10.9. The van der Waals surface area contributed by atoms with E-state index in [1.54, 1.807) is 0 Å². The van der Waals surface area contributed by atoms with E-state index in [1.165, 1.54) is 42.3 Å². The molecule has 1 saturated heterocycles. The van der Waals surface area contributed by atoms with Crippen LogP contribution in [0.2, 0.25) is 0 Å². The fourth-order valence-corrected chi connectivity index (χ4v) is 3.32. The molecule has 16 heavy (non-hydrogen) atoms. The van der Waals surface area contributed by atoms with Gasteiger partial charge >= 0.3 is 0 Å². The van der Waals surface area contributed by atoms with E-state index >= 15 is 0 Å². The summed E-state index contributed by atoms with van der Waals surface area (Å²) in [5.74, 6) is 2.02. The topological polar surface area (TPSA) is 24.9 Å². The van der Waals surface area contributed by atoms with E-state index in [1.807, 2.05) is 11.8 Å². The van der Waals surface area contributed by atoms with Crippen LogP contribution < -0.4 is 5.32 Å². The summed E-state index contributed by atoms with van der Waals surface area (Å²) in [6.45, 7) is 6.58. The Bertz CT molecular complexity index is 326. The quantitative estimate of drug-likeness (QED) is 0.817. The zero-order valence-electron chi connectivity index (χ0n) is 10.1. The van der Waals surface area contributed by atoms with Crippen LogP contribution in [0.15, 0.2) is 17.2 Å². The molecule has 2 nitrogen and oxygen atoms in total. The summed E-state index contributed by atoms with van der Waals surface area (Å²) in [5, 5.41) is 4.64. The van der Waals surface area contributed by atoms with Crippen molar-refractivity contribution in [2.75, 3.05) is 18.8 Å². The monoisotopic (exact) mass is 236 g/mol. The van der Waals surface area contributed by atoms with Gasteiger partial charge in [0.2, 0.25) is 0 Å². The maximum absolute atomic E-state index is 4.56. The fourth-order valence-electron chi connectivity index (χ4n) is 2.15. The lowest BCUT2D eigenvalue weighted by Crippen LogP contribution is -2.30. The number of hydrogen-bond acceptors (Lipinski definition) is 3. The highest BCUT2D eigenvalue weighted by molar-refractivity contribution is 7.99. The summed E-state index contributed by atoms with van der Waals surface area (Å²) in [6.07, 6.45) is 2.69. The highest BCUT2D eigenvalue weighted by Crippen LogP contribution is 2.23. The second-order valence-electron chi connectivity index (χ2n) is 4.65. The molecule has 0 aliphatic carbocycles. The SMILES string of the molecule is Cc1cc(C)nc(SCC2CCCNC2)c1. The Balaban J connectivity index is 1.88. The van der Waals surface area contributed by atoms with Crippen molar-refractivity contribution in [3.8, 4) is 0 Å². The van der Waals surface area contributed by atoms with Crippen molar-refractivity contribution in [3.63, 3.8) is 0 Å². The highest BCUT2D eigenvalue weighted by atomic mass is 32.2. The van der Waals surface area contributed by atoms with Crippen LogP contribution in [0.1, 0.15) is 24.1 Å². The molecule has 0 spiro atoms. The minimum atomic E-state index is 0.821. The molecule has 1 atom stereocenters. The molecule has 1 aromatic heterocycles. The third kappa shape index (κ3) is 3.49. The first-order chi connectivity index (χ1) is 7.74. The number of nitrogens with zero attached hydrogens (tertiary/aromatic N) is 1.